The van der Waals surface area contributed by atoms with Crippen LogP contribution in [0.25, 0.3) is 16.6 Å². The number of hydrogen-bond donors (Lipinski definition) is 3. The predicted octanol–water partition coefficient (Wildman–Crippen LogP) is 9.48. The minimum absolute atomic E-state index is 0.0111. The fraction of sp³-hybridized carbons (Fsp3) is 0.404. The Kier molecular flexibility index (Phi) is 13.0. The summed E-state index contributed by atoms with van der Waals surface area (Å²) in [6.07, 6.45) is 4.00. The first-order chi connectivity index (χ1) is 30.9. The molecule has 1 amide bonds. The largest absolute Gasteiger partial charge is 0.455 e. The molecule has 0 saturated carbocycles. The van der Waals surface area contributed by atoms with Crippen molar-refractivity contribution in [1.29, 1.82) is 0 Å². The molecule has 3 aromatic carbocycles. The Morgan fingerprint density at radius 3 is 2.57 bits per heavy atom. The molecule has 1 atom stereocenters. The Bertz CT molecular complexity index is 2740. The van der Waals surface area contributed by atoms with Gasteiger partial charge in [0.05, 0.1) is 33.2 Å². The molecule has 0 unspecified atom stereocenters. The van der Waals surface area contributed by atoms with E-state index in [9.17, 15) is 36.5 Å². The summed E-state index contributed by atoms with van der Waals surface area (Å²) < 4.78 is 82.1. The average Bonchev–Trinajstić information content (AvgIpc) is 3.74. The lowest BCUT2D eigenvalue weighted by molar-refractivity contribution is -0.384. The van der Waals surface area contributed by atoms with Crippen molar-refractivity contribution >= 4 is 49.6 Å². The summed E-state index contributed by atoms with van der Waals surface area (Å²) in [5.74, 6) is -0.637. The second-order valence-corrected chi connectivity index (χ2v) is 19.5. The number of benzene rings is 3. The van der Waals surface area contributed by atoms with Gasteiger partial charge in [0.2, 0.25) is 0 Å². The molecule has 0 spiro atoms. The topological polar surface area (TPSA) is 172 Å². The monoisotopic (exact) mass is 915 g/mol. The lowest BCUT2D eigenvalue weighted by Crippen LogP contribution is -2.47. The smallest absolute Gasteiger partial charge is 0.416 e. The number of ether oxygens (including phenoxy) is 2. The molecule has 0 bridgehead atoms. The molecule has 65 heavy (non-hydrogen) atoms. The van der Waals surface area contributed by atoms with E-state index in [2.05, 4.69) is 43.7 Å². The zero-order valence-corrected chi connectivity index (χ0v) is 37.3. The second-order valence-electron chi connectivity index (χ2n) is 17.8. The van der Waals surface area contributed by atoms with Crippen molar-refractivity contribution in [1.82, 2.24) is 19.6 Å². The summed E-state index contributed by atoms with van der Waals surface area (Å²) in [6, 6.07) is 15.9. The molecule has 8 rings (SSSR count). The molecule has 0 radical (unpaired) electrons. The van der Waals surface area contributed by atoms with Crippen molar-refractivity contribution in [2.75, 3.05) is 56.1 Å². The fourth-order valence-corrected chi connectivity index (χ4v) is 9.88. The maximum Gasteiger partial charge on any atom is 0.416 e. The van der Waals surface area contributed by atoms with Crippen LogP contribution in [0.3, 0.4) is 0 Å². The quantitative estimate of drug-likeness (QED) is 0.0759. The van der Waals surface area contributed by atoms with Gasteiger partial charge in [0.15, 0.2) is 0 Å². The number of aromatic nitrogens is 2. The van der Waals surface area contributed by atoms with E-state index >= 15 is 0 Å². The molecule has 2 saturated heterocycles. The number of nitro benzene ring substituents is 1. The van der Waals surface area contributed by atoms with E-state index in [1.807, 2.05) is 6.07 Å². The van der Waals surface area contributed by atoms with E-state index in [0.29, 0.717) is 62.8 Å². The van der Waals surface area contributed by atoms with E-state index in [1.165, 1.54) is 42.1 Å². The third-order valence-electron chi connectivity index (χ3n) is 12.5. The number of allylic oxidation sites excluding steroid dienone is 1. The number of H-pyrrole nitrogens is 1. The van der Waals surface area contributed by atoms with Crippen LogP contribution in [0.1, 0.15) is 79.4 Å². The first-order valence-electron chi connectivity index (χ1n) is 21.7. The van der Waals surface area contributed by atoms with Crippen molar-refractivity contribution in [2.45, 2.75) is 76.5 Å². The van der Waals surface area contributed by atoms with Crippen molar-refractivity contribution < 1.29 is 40.8 Å². The van der Waals surface area contributed by atoms with Crippen LogP contribution in [0, 0.1) is 22.5 Å². The summed E-state index contributed by atoms with van der Waals surface area (Å²) in [6.45, 7) is 10.3. The highest BCUT2D eigenvalue weighted by Gasteiger charge is 2.34. The number of alkyl halides is 3. The zero-order valence-electron chi connectivity index (χ0n) is 36.5. The molecular weight excluding hydrogens is 864 g/mol. The summed E-state index contributed by atoms with van der Waals surface area (Å²) >= 11 is 0. The number of nitrogens with zero attached hydrogens (tertiary/aromatic N) is 4. The van der Waals surface area contributed by atoms with Gasteiger partial charge in [-0.1, -0.05) is 25.5 Å². The summed E-state index contributed by atoms with van der Waals surface area (Å²) in [7, 11) is -4.61. The number of hydrogen-bond acceptors (Lipinski definition) is 11. The zero-order chi connectivity index (χ0) is 46.1. The molecule has 4 heterocycles. The van der Waals surface area contributed by atoms with Crippen LogP contribution in [0.5, 0.6) is 11.5 Å². The number of piperazine rings is 1. The van der Waals surface area contributed by atoms with E-state index in [-0.39, 0.29) is 28.5 Å². The van der Waals surface area contributed by atoms with Gasteiger partial charge in [-0.2, -0.15) is 13.2 Å². The highest BCUT2D eigenvalue weighted by atomic mass is 32.2. The molecular formula is C47H52F3N7O7S. The van der Waals surface area contributed by atoms with Crippen LogP contribution in [-0.4, -0.2) is 86.1 Å². The molecule has 2 fully saturated rings. The summed E-state index contributed by atoms with van der Waals surface area (Å²) in [4.78, 5) is 36.8. The molecule has 2 aromatic heterocycles. The Labute approximate surface area is 375 Å². The van der Waals surface area contributed by atoms with Crippen molar-refractivity contribution in [3.8, 4) is 11.5 Å². The Balaban J connectivity index is 1.01. The number of pyridine rings is 1. The fourth-order valence-electron chi connectivity index (χ4n) is 8.89. The van der Waals surface area contributed by atoms with Crippen LogP contribution in [0.4, 0.5) is 30.2 Å². The number of carbonyl (C=O) groups excluding carboxylic acids is 1. The van der Waals surface area contributed by atoms with Gasteiger partial charge in [0.25, 0.3) is 21.6 Å². The summed E-state index contributed by atoms with van der Waals surface area (Å²) in [5.41, 5.74) is 4.11. The number of sulfonamides is 1. The molecule has 5 aromatic rings. The standard InChI is InChI=1S/C47H52F3N7O7S/c1-30-22-33(47(48,49)50)7-10-38(30)40-26-46(2,3)15-13-32(40)29-55-17-19-56(20-18-55)34-8-11-39(43(24-34)64-36-23-31-14-16-51-44(31)53-28-36)45(58)54-65(61,62)37-9-12-41(42(25-37)57(59)60)52-27-35-6-4-5-21-63-35/h7-12,14,16,22-25,28,35,52H,4-6,13,15,17-21,26-27,29H2,1-3H3,(H,51,53)(H,54,58)/t35-/m1/s1. The van der Waals surface area contributed by atoms with Crippen molar-refractivity contribution in [3.05, 3.63) is 117 Å². The maximum atomic E-state index is 13.9. The highest BCUT2D eigenvalue weighted by molar-refractivity contribution is 7.90. The average molecular weight is 916 g/mol. The highest BCUT2D eigenvalue weighted by Crippen LogP contribution is 2.45. The van der Waals surface area contributed by atoms with Crippen LogP contribution in [0.15, 0.2) is 89.6 Å². The SMILES string of the molecule is Cc1cc(C(F)(F)F)ccc1C1=C(CN2CCN(c3ccc(C(=O)NS(=O)(=O)c4ccc(NC[C@H]5CCCCO5)c([N+](=O)[O-])c4)c(Oc4cnc5[nH]ccc5c4)c3)CC2)CCC(C)(C)C1. The lowest BCUT2D eigenvalue weighted by Gasteiger charge is -2.39. The lowest BCUT2D eigenvalue weighted by atomic mass is 9.72. The Morgan fingerprint density at radius 2 is 1.85 bits per heavy atom. The number of halogens is 3. The van der Waals surface area contributed by atoms with Crippen molar-refractivity contribution in [2.24, 2.45) is 5.41 Å². The minimum Gasteiger partial charge on any atom is -0.455 e. The third kappa shape index (κ3) is 10.6. The number of fused-ring (bicyclic) bond motifs is 1. The molecule has 1 aliphatic carbocycles. The number of nitro groups is 1. The van der Waals surface area contributed by atoms with Gasteiger partial charge in [-0.05, 0) is 116 Å². The number of aromatic amines is 1. The minimum atomic E-state index is -4.61. The van der Waals surface area contributed by atoms with Crippen LogP contribution >= 0.6 is 0 Å². The second kappa shape index (κ2) is 18.5. The molecule has 3 aliphatic rings. The Morgan fingerprint density at radius 1 is 1.05 bits per heavy atom. The molecule has 18 heteroatoms. The van der Waals surface area contributed by atoms with E-state index in [1.54, 1.807) is 37.4 Å². The molecule has 2 aliphatic heterocycles. The van der Waals surface area contributed by atoms with Gasteiger partial charge in [-0.15, -0.1) is 0 Å². The molecule has 344 valence electrons. The first-order valence-corrected chi connectivity index (χ1v) is 23.2. The summed E-state index contributed by atoms with van der Waals surface area (Å²) in [5, 5.41) is 15.8. The van der Waals surface area contributed by atoms with Crippen LogP contribution in [-0.2, 0) is 20.9 Å². The number of carbonyl (C=O) groups is 1. The van der Waals surface area contributed by atoms with Gasteiger partial charge in [0, 0.05) is 75.3 Å². The normalized spacial score (nSPS) is 18.4. The maximum absolute atomic E-state index is 13.9. The van der Waals surface area contributed by atoms with E-state index < -0.39 is 43.2 Å². The van der Waals surface area contributed by atoms with Gasteiger partial charge in [0.1, 0.15) is 22.8 Å². The number of aryl methyl sites for hydroxylation is 1. The van der Waals surface area contributed by atoms with Crippen molar-refractivity contribution in [3.63, 3.8) is 0 Å². The first kappa shape index (κ1) is 45.6. The number of nitrogens with one attached hydrogen (secondary N) is 3. The predicted molar refractivity (Wildman–Crippen MR) is 242 cm³/mol. The van der Waals surface area contributed by atoms with E-state index in [0.717, 1.165) is 66.8 Å². The number of amides is 1. The molecule has 14 nitrogen and oxygen atoms in total. The van der Waals surface area contributed by atoms with Crippen LogP contribution in [0.2, 0.25) is 0 Å². The van der Waals surface area contributed by atoms with Gasteiger partial charge in [-0.25, -0.2) is 18.1 Å². The number of anilines is 2. The van der Waals surface area contributed by atoms with Gasteiger partial charge < -0.3 is 24.7 Å². The third-order valence-corrected chi connectivity index (χ3v) is 13.9. The van der Waals surface area contributed by atoms with Gasteiger partial charge >= 0.3 is 6.18 Å². The molecule has 3 N–H and O–H groups in total. The number of rotatable bonds is 13. The van der Waals surface area contributed by atoms with Gasteiger partial charge in [-0.3, -0.25) is 19.8 Å². The van der Waals surface area contributed by atoms with Crippen LogP contribution < -0.4 is 19.7 Å². The van der Waals surface area contributed by atoms with E-state index in [4.69, 9.17) is 9.47 Å². The Hall–Kier alpha value is -5.98.